The van der Waals surface area contributed by atoms with E-state index in [1.54, 1.807) is 0 Å². The number of aryl methyl sites for hydroxylation is 2. The van der Waals surface area contributed by atoms with Gasteiger partial charge in [-0.2, -0.15) is 5.10 Å². The monoisotopic (exact) mass is 353 g/mol. The van der Waals surface area contributed by atoms with Crippen molar-refractivity contribution in [3.8, 4) is 0 Å². The predicted octanol–water partition coefficient (Wildman–Crippen LogP) is 3.91. The summed E-state index contributed by atoms with van der Waals surface area (Å²) in [6.07, 6.45) is 1.73. The summed E-state index contributed by atoms with van der Waals surface area (Å²) in [5.74, 6) is -0.183. The zero-order valence-corrected chi connectivity index (χ0v) is 14.2. The lowest BCUT2D eigenvalue weighted by Crippen LogP contribution is -2.25. The topological polar surface area (TPSA) is 29.9 Å². The van der Waals surface area contributed by atoms with Crippen molar-refractivity contribution in [1.82, 2.24) is 15.1 Å². The van der Waals surface area contributed by atoms with E-state index in [1.807, 2.05) is 30.8 Å². The van der Waals surface area contributed by atoms with Crippen LogP contribution < -0.4 is 5.32 Å². The number of halogens is 2. The predicted molar refractivity (Wildman–Crippen MR) is 86.8 cm³/mol. The van der Waals surface area contributed by atoms with Crippen molar-refractivity contribution in [1.29, 1.82) is 0 Å². The van der Waals surface area contributed by atoms with E-state index >= 15 is 0 Å². The highest BCUT2D eigenvalue weighted by Gasteiger charge is 2.18. The smallest absolute Gasteiger partial charge is 0.129 e. The van der Waals surface area contributed by atoms with E-state index in [0.717, 1.165) is 35.2 Å². The number of hydrogen-bond donors (Lipinski definition) is 1. The van der Waals surface area contributed by atoms with Crippen LogP contribution in [-0.2, 0) is 13.5 Å². The molecule has 1 heterocycles. The van der Waals surface area contributed by atoms with Crippen LogP contribution in [0.5, 0.6) is 0 Å². The van der Waals surface area contributed by atoms with Gasteiger partial charge in [-0.1, -0.05) is 28.9 Å². The summed E-state index contributed by atoms with van der Waals surface area (Å²) in [7, 11) is 1.93. The van der Waals surface area contributed by atoms with Crippen LogP contribution in [0.1, 0.15) is 36.3 Å². The summed E-state index contributed by atoms with van der Waals surface area (Å²) in [6, 6.07) is 7.25. The molecule has 0 saturated carbocycles. The normalized spacial score (nSPS) is 12.6. The molecule has 114 valence electrons. The first-order chi connectivity index (χ1) is 10.0. The van der Waals surface area contributed by atoms with E-state index in [4.69, 9.17) is 0 Å². The van der Waals surface area contributed by atoms with E-state index in [2.05, 4.69) is 39.3 Å². The summed E-state index contributed by atoms with van der Waals surface area (Å²) < 4.78 is 16.9. The average Bonchev–Trinajstić information content (AvgIpc) is 2.73. The lowest BCUT2D eigenvalue weighted by molar-refractivity contribution is 0.485. The van der Waals surface area contributed by atoms with E-state index in [1.165, 1.54) is 6.07 Å². The Morgan fingerprint density at radius 3 is 2.71 bits per heavy atom. The molecule has 0 saturated heterocycles. The van der Waals surface area contributed by atoms with Crippen LogP contribution in [0.4, 0.5) is 4.39 Å². The Hall–Kier alpha value is -1.20. The highest BCUT2D eigenvalue weighted by atomic mass is 79.9. The summed E-state index contributed by atoms with van der Waals surface area (Å²) >= 11 is 3.31. The molecule has 21 heavy (non-hydrogen) atoms. The Morgan fingerprint density at radius 2 is 2.14 bits per heavy atom. The second-order valence-electron chi connectivity index (χ2n) is 5.28. The minimum atomic E-state index is -0.183. The molecule has 1 N–H and O–H groups in total. The molecule has 5 heteroatoms. The Labute approximate surface area is 133 Å². The molecule has 0 amide bonds. The number of nitrogens with zero attached hydrogens (tertiary/aromatic N) is 2. The van der Waals surface area contributed by atoms with Crippen molar-refractivity contribution in [3.05, 3.63) is 51.5 Å². The number of benzene rings is 1. The minimum Gasteiger partial charge on any atom is -0.310 e. The molecule has 0 aliphatic heterocycles. The molecule has 2 rings (SSSR count). The summed E-state index contributed by atoms with van der Waals surface area (Å²) in [5, 5.41) is 7.80. The Balaban J connectivity index is 2.27. The van der Waals surface area contributed by atoms with Crippen molar-refractivity contribution in [2.24, 2.45) is 7.05 Å². The van der Waals surface area contributed by atoms with E-state index < -0.39 is 0 Å². The highest BCUT2D eigenvalue weighted by molar-refractivity contribution is 9.10. The van der Waals surface area contributed by atoms with E-state index in [0.29, 0.717) is 5.56 Å². The van der Waals surface area contributed by atoms with Crippen LogP contribution in [0.2, 0.25) is 0 Å². The van der Waals surface area contributed by atoms with Gasteiger partial charge in [0.1, 0.15) is 5.82 Å². The molecule has 2 aromatic rings. The lowest BCUT2D eigenvalue weighted by Gasteiger charge is -2.20. The van der Waals surface area contributed by atoms with Gasteiger partial charge in [-0.05, 0) is 38.1 Å². The molecular formula is C16H21BrFN3. The van der Waals surface area contributed by atoms with Gasteiger partial charge in [0.05, 0.1) is 5.69 Å². The van der Waals surface area contributed by atoms with Crippen LogP contribution >= 0.6 is 15.9 Å². The molecule has 0 bridgehead atoms. The third-order valence-corrected chi connectivity index (χ3v) is 3.98. The van der Waals surface area contributed by atoms with Gasteiger partial charge in [0.25, 0.3) is 0 Å². The summed E-state index contributed by atoms with van der Waals surface area (Å²) in [4.78, 5) is 0. The largest absolute Gasteiger partial charge is 0.310 e. The first-order valence-corrected chi connectivity index (χ1v) is 7.98. The van der Waals surface area contributed by atoms with Gasteiger partial charge in [0.15, 0.2) is 0 Å². The molecule has 1 atom stereocenters. The van der Waals surface area contributed by atoms with Gasteiger partial charge >= 0.3 is 0 Å². The Bertz CT molecular complexity index is 610. The quantitative estimate of drug-likeness (QED) is 0.852. The van der Waals surface area contributed by atoms with Crippen LogP contribution in [-0.4, -0.2) is 16.3 Å². The van der Waals surface area contributed by atoms with Crippen LogP contribution in [0, 0.1) is 12.7 Å². The van der Waals surface area contributed by atoms with Gasteiger partial charge in [-0.25, -0.2) is 4.39 Å². The maximum atomic E-state index is 14.2. The fraction of sp³-hybridized carbons (Fsp3) is 0.438. The van der Waals surface area contributed by atoms with E-state index in [-0.39, 0.29) is 11.9 Å². The number of aromatic nitrogens is 2. The van der Waals surface area contributed by atoms with Crippen molar-refractivity contribution in [2.45, 2.75) is 32.7 Å². The molecule has 0 radical (unpaired) electrons. The van der Waals surface area contributed by atoms with Crippen molar-refractivity contribution >= 4 is 15.9 Å². The first-order valence-electron chi connectivity index (χ1n) is 7.19. The fourth-order valence-electron chi connectivity index (χ4n) is 2.46. The molecule has 1 aromatic heterocycles. The van der Waals surface area contributed by atoms with Crippen molar-refractivity contribution in [3.63, 3.8) is 0 Å². The minimum absolute atomic E-state index is 0.0483. The maximum Gasteiger partial charge on any atom is 0.129 e. The molecule has 1 unspecified atom stereocenters. The second-order valence-corrected chi connectivity index (χ2v) is 6.19. The van der Waals surface area contributed by atoms with Gasteiger partial charge < -0.3 is 5.32 Å². The number of rotatable bonds is 6. The van der Waals surface area contributed by atoms with Crippen molar-refractivity contribution in [2.75, 3.05) is 6.54 Å². The van der Waals surface area contributed by atoms with Gasteiger partial charge in [-0.15, -0.1) is 0 Å². The second kappa shape index (κ2) is 7.18. The number of nitrogens with one attached hydrogen (secondary N) is 1. The Kier molecular flexibility index (Phi) is 5.53. The SMILES string of the molecule is CCCNC(Cc1cc(C)nn1C)c1ccc(Br)cc1F. The molecule has 1 aromatic carbocycles. The van der Waals surface area contributed by atoms with E-state index in [9.17, 15) is 4.39 Å². The zero-order valence-electron chi connectivity index (χ0n) is 12.7. The standard InChI is InChI=1S/C16H21BrFN3/c1-4-7-19-16(10-13-8-11(2)20-21(13)3)14-6-5-12(17)9-15(14)18/h5-6,8-9,16,19H,4,7,10H2,1-3H3. The lowest BCUT2D eigenvalue weighted by atomic mass is 10.0. The van der Waals surface area contributed by atoms with Gasteiger partial charge in [-0.3, -0.25) is 4.68 Å². The molecule has 3 nitrogen and oxygen atoms in total. The molecule has 0 aliphatic rings. The van der Waals surface area contributed by atoms with Crippen molar-refractivity contribution < 1.29 is 4.39 Å². The Morgan fingerprint density at radius 1 is 1.38 bits per heavy atom. The summed E-state index contributed by atoms with van der Waals surface area (Å²) in [5.41, 5.74) is 2.78. The third-order valence-electron chi connectivity index (χ3n) is 3.49. The first kappa shape index (κ1) is 16.2. The average molecular weight is 354 g/mol. The molecule has 0 fully saturated rings. The van der Waals surface area contributed by atoms with Gasteiger partial charge in [0.2, 0.25) is 0 Å². The molecule has 0 spiro atoms. The third kappa shape index (κ3) is 4.14. The maximum absolute atomic E-state index is 14.2. The van der Waals surface area contributed by atoms with Crippen LogP contribution in [0.3, 0.4) is 0 Å². The fourth-order valence-corrected chi connectivity index (χ4v) is 2.79. The summed E-state index contributed by atoms with van der Waals surface area (Å²) in [6.45, 7) is 4.94. The molecular weight excluding hydrogens is 333 g/mol. The number of hydrogen-bond acceptors (Lipinski definition) is 2. The van der Waals surface area contributed by atoms with Gasteiger partial charge in [0, 0.05) is 35.2 Å². The molecule has 0 aliphatic carbocycles. The van der Waals surface area contributed by atoms with Crippen LogP contribution in [0.15, 0.2) is 28.7 Å². The van der Waals surface area contributed by atoms with Crippen LogP contribution in [0.25, 0.3) is 0 Å². The highest BCUT2D eigenvalue weighted by Crippen LogP contribution is 2.24. The zero-order chi connectivity index (χ0) is 15.4.